The first kappa shape index (κ1) is 72.3. The fraction of sp³-hybridized carbons (Fsp3) is 0.0261. The second-order valence-corrected chi connectivity index (χ2v) is 30.6. The van der Waals surface area contributed by atoms with Gasteiger partial charge in [0.25, 0.3) is 0 Å². The Labute approximate surface area is 687 Å². The zero-order valence-electron chi connectivity index (χ0n) is 65.4. The molecule has 19 aromatic rings. The summed E-state index contributed by atoms with van der Waals surface area (Å²) < 4.78 is 0. The number of rotatable bonds is 17. The second-order valence-electron chi connectivity index (χ2n) is 30.6. The van der Waals surface area contributed by atoms with Crippen LogP contribution < -0.4 is 9.80 Å². The van der Waals surface area contributed by atoms with Gasteiger partial charge in [0.05, 0.1) is 0 Å². The predicted octanol–water partition coefficient (Wildman–Crippen LogP) is 32.1. The molecule has 2 heteroatoms. The summed E-state index contributed by atoms with van der Waals surface area (Å²) in [6, 6.07) is 172. The smallest absolute Gasteiger partial charge is 0.0468 e. The molecule has 1 aliphatic carbocycles. The third-order valence-electron chi connectivity index (χ3n) is 23.2. The van der Waals surface area contributed by atoms with Gasteiger partial charge in [-0.25, -0.2) is 0 Å². The molecule has 0 heterocycles. The molecule has 2 nitrogen and oxygen atoms in total. The van der Waals surface area contributed by atoms with E-state index in [0.717, 1.165) is 39.7 Å². The summed E-state index contributed by atoms with van der Waals surface area (Å²) in [5.74, 6) is 0. The van der Waals surface area contributed by atoms with Crippen LogP contribution in [0.5, 0.6) is 0 Å². The average Bonchev–Trinajstić information content (AvgIpc) is 1.59. The van der Waals surface area contributed by atoms with E-state index in [4.69, 9.17) is 0 Å². The molecule has 117 heavy (non-hydrogen) atoms. The minimum absolute atomic E-state index is 0.124. The molecule has 554 valence electrons. The Morgan fingerprint density at radius 1 is 0.145 bits per heavy atom. The minimum Gasteiger partial charge on any atom is -0.310 e. The summed E-state index contributed by atoms with van der Waals surface area (Å²) in [5, 5.41) is 2.50. The maximum absolute atomic E-state index is 2.43. The summed E-state index contributed by atoms with van der Waals surface area (Å²) in [6.45, 7) is 4.72. The molecule has 0 aliphatic heterocycles. The van der Waals surface area contributed by atoms with E-state index in [1.54, 1.807) is 0 Å². The Hall–Kier alpha value is -15.0. The highest BCUT2D eigenvalue weighted by Gasteiger charge is 2.36. The lowest BCUT2D eigenvalue weighted by molar-refractivity contribution is 0.660. The number of fused-ring (bicyclic) bond motifs is 4. The molecule has 0 fully saturated rings. The van der Waals surface area contributed by atoms with Crippen molar-refractivity contribution in [3.8, 4) is 134 Å². The van der Waals surface area contributed by atoms with Gasteiger partial charge in [0, 0.05) is 39.5 Å². The molecule has 0 atom stereocenters. The van der Waals surface area contributed by atoms with Crippen molar-refractivity contribution in [2.75, 3.05) is 9.80 Å². The first-order valence-electron chi connectivity index (χ1n) is 40.4. The van der Waals surface area contributed by atoms with Crippen LogP contribution in [-0.2, 0) is 5.41 Å². The van der Waals surface area contributed by atoms with Gasteiger partial charge in [0.1, 0.15) is 0 Å². The summed E-state index contributed by atoms with van der Waals surface area (Å²) >= 11 is 0. The summed E-state index contributed by atoms with van der Waals surface area (Å²) in [7, 11) is 0. The zero-order valence-corrected chi connectivity index (χ0v) is 65.4. The molecule has 0 radical (unpaired) electrons. The van der Waals surface area contributed by atoms with Crippen molar-refractivity contribution < 1.29 is 0 Å². The maximum Gasteiger partial charge on any atom is 0.0468 e. The largest absolute Gasteiger partial charge is 0.310 e. The summed E-state index contributed by atoms with van der Waals surface area (Å²) in [6.07, 6.45) is 0. The third kappa shape index (κ3) is 14.7. The van der Waals surface area contributed by atoms with E-state index in [0.29, 0.717) is 0 Å². The lowest BCUT2D eigenvalue weighted by atomic mass is 9.82. The van der Waals surface area contributed by atoms with E-state index in [1.807, 2.05) is 0 Å². The number of nitrogens with zero attached hydrogens (tertiary/aromatic N) is 2. The van der Waals surface area contributed by atoms with Gasteiger partial charge in [-0.1, -0.05) is 414 Å². The molecule has 0 N–H and O–H groups in total. The molecule has 19 aromatic carbocycles. The van der Waals surface area contributed by atoms with Crippen LogP contribution in [0.1, 0.15) is 25.0 Å². The van der Waals surface area contributed by atoms with Crippen LogP contribution in [0, 0.1) is 0 Å². The van der Waals surface area contributed by atoms with Gasteiger partial charge in [0.2, 0.25) is 0 Å². The van der Waals surface area contributed by atoms with Crippen molar-refractivity contribution >= 4 is 44.9 Å². The molecule has 0 unspecified atom stereocenters. The van der Waals surface area contributed by atoms with Gasteiger partial charge in [-0.2, -0.15) is 0 Å². The van der Waals surface area contributed by atoms with Crippen molar-refractivity contribution in [2.45, 2.75) is 19.3 Å². The number of benzene rings is 19. The van der Waals surface area contributed by atoms with E-state index in [9.17, 15) is 0 Å². The van der Waals surface area contributed by atoms with Crippen molar-refractivity contribution in [2.24, 2.45) is 0 Å². The number of hydrogen-bond acceptors (Lipinski definition) is 2. The maximum atomic E-state index is 2.43. The average molecular weight is 1490 g/mol. The normalized spacial score (nSPS) is 11.7. The van der Waals surface area contributed by atoms with Gasteiger partial charge >= 0.3 is 0 Å². The number of hydrogen-bond donors (Lipinski definition) is 0. The standard InChI is InChI=1S/C58H41N.C57H43N/c1-4-15-42(16-5-1)44-27-29-49(30-28-44)58-41-52(39-40-57(58)56-25-13-12-24-55(56)46-19-8-3-9-20-46)59(50-35-31-45(32-36-50)43-17-6-2-7-18-43)51-37-33-48(34-38-51)54-26-14-22-47-21-10-11-23-53(47)54;1-57(2)55-25-15-14-24-52(55)53-37-35-48(39-56(53)57)58(46-32-30-43(31-33-46)41-18-8-4-9-19-41)47-34-36-51(50-23-13-12-22-49(50)44-20-10-5-11-21-44)54(38-47)45-28-26-42(27-29-45)40-16-6-3-7-17-40/h1-41H;3-39H,1-2H3. The summed E-state index contributed by atoms with van der Waals surface area (Å²) in [4.78, 5) is 4.82. The fourth-order valence-electron chi connectivity index (χ4n) is 17.3. The molecule has 1 aliphatic rings. The van der Waals surface area contributed by atoms with Crippen LogP contribution in [0.3, 0.4) is 0 Å². The van der Waals surface area contributed by atoms with Gasteiger partial charge in [-0.15, -0.1) is 0 Å². The summed E-state index contributed by atoms with van der Waals surface area (Å²) in [5.41, 5.74) is 38.2. The van der Waals surface area contributed by atoms with E-state index in [-0.39, 0.29) is 5.41 Å². The Bertz CT molecular complexity index is 6680. The second kappa shape index (κ2) is 32.3. The monoisotopic (exact) mass is 1490 g/mol. The Kier molecular flexibility index (Phi) is 19.9. The lowest BCUT2D eigenvalue weighted by Crippen LogP contribution is -2.16. The van der Waals surface area contributed by atoms with E-state index >= 15 is 0 Å². The van der Waals surface area contributed by atoms with Gasteiger partial charge < -0.3 is 9.80 Å². The topological polar surface area (TPSA) is 6.48 Å². The van der Waals surface area contributed by atoms with Crippen LogP contribution in [0.2, 0.25) is 0 Å². The highest BCUT2D eigenvalue weighted by molar-refractivity contribution is 6.00. The van der Waals surface area contributed by atoms with Crippen LogP contribution >= 0.6 is 0 Å². The van der Waals surface area contributed by atoms with Gasteiger partial charge in [-0.3, -0.25) is 0 Å². The molecule has 0 bridgehead atoms. The molecular formula is C115H84N2. The molecule has 0 saturated heterocycles. The molecule has 20 rings (SSSR count). The van der Waals surface area contributed by atoms with Crippen molar-refractivity contribution in [3.05, 3.63) is 484 Å². The fourth-order valence-corrected chi connectivity index (χ4v) is 17.3. The molecule has 0 aromatic heterocycles. The Morgan fingerprint density at radius 2 is 0.385 bits per heavy atom. The highest BCUT2D eigenvalue weighted by Crippen LogP contribution is 2.53. The van der Waals surface area contributed by atoms with Crippen molar-refractivity contribution in [3.63, 3.8) is 0 Å². The van der Waals surface area contributed by atoms with E-state index < -0.39 is 0 Å². The minimum atomic E-state index is -0.124. The Balaban J connectivity index is 0.000000156. The SMILES string of the molecule is CC1(C)c2ccccc2-c2ccc(N(c3ccc(-c4ccccc4)cc3)c3ccc(-c4ccccc4-c4ccccc4)c(-c4ccc(-c5ccccc5)cc4)c3)cc21.c1ccc(-c2ccc(-c3cc(N(c4ccc(-c5ccccc5)cc4)c4ccc(-c5cccc6ccccc56)cc4)ccc3-c3ccccc3-c3ccccc3)cc2)cc1. The highest BCUT2D eigenvalue weighted by atomic mass is 15.1. The van der Waals surface area contributed by atoms with Gasteiger partial charge in [-0.05, 0) is 228 Å². The van der Waals surface area contributed by atoms with E-state index in [1.165, 1.54) is 150 Å². The molecule has 0 saturated carbocycles. The Morgan fingerprint density at radius 3 is 0.803 bits per heavy atom. The lowest BCUT2D eigenvalue weighted by Gasteiger charge is -2.29. The van der Waals surface area contributed by atoms with Crippen LogP contribution in [0.15, 0.2) is 473 Å². The first-order chi connectivity index (χ1) is 57.8. The molecular weight excluding hydrogens is 1410 g/mol. The molecule has 0 amide bonds. The third-order valence-corrected chi connectivity index (χ3v) is 23.2. The van der Waals surface area contributed by atoms with Crippen LogP contribution in [-0.4, -0.2) is 0 Å². The molecule has 0 spiro atoms. The van der Waals surface area contributed by atoms with Crippen LogP contribution in [0.25, 0.3) is 144 Å². The van der Waals surface area contributed by atoms with E-state index in [2.05, 4.69) is 497 Å². The van der Waals surface area contributed by atoms with Crippen molar-refractivity contribution in [1.29, 1.82) is 0 Å². The van der Waals surface area contributed by atoms with Gasteiger partial charge in [0.15, 0.2) is 0 Å². The first-order valence-corrected chi connectivity index (χ1v) is 40.4. The predicted molar refractivity (Wildman–Crippen MR) is 497 cm³/mol. The van der Waals surface area contributed by atoms with Crippen LogP contribution in [0.4, 0.5) is 34.1 Å². The quantitative estimate of drug-likeness (QED) is 0.0896. The van der Waals surface area contributed by atoms with Crippen molar-refractivity contribution in [1.82, 2.24) is 0 Å². The number of anilines is 6. The zero-order chi connectivity index (χ0) is 78.4.